The molecule has 0 aromatic carbocycles. The van der Waals surface area contributed by atoms with E-state index in [9.17, 15) is 4.79 Å². The molecule has 2 aromatic heterocycles. The minimum Gasteiger partial charge on any atom is -0.481 e. The molecule has 1 aliphatic rings. The summed E-state index contributed by atoms with van der Waals surface area (Å²) >= 11 is 0. The number of carbonyl (C=O) groups excluding carboxylic acids is 1. The Bertz CT molecular complexity index is 656. The van der Waals surface area contributed by atoms with Crippen molar-refractivity contribution >= 4 is 5.91 Å². The maximum absolute atomic E-state index is 12.9. The quantitative estimate of drug-likeness (QED) is 0.862. The van der Waals surface area contributed by atoms with Gasteiger partial charge < -0.3 is 9.64 Å². The Kier molecular flexibility index (Phi) is 4.04. The van der Waals surface area contributed by atoms with Crippen molar-refractivity contribution in [3.8, 4) is 11.6 Å². The van der Waals surface area contributed by atoms with Crippen LogP contribution in [0.15, 0.2) is 24.7 Å². The zero-order chi connectivity index (χ0) is 15.5. The number of likely N-dealkylation sites (tertiary alicyclic amines) is 1. The summed E-state index contributed by atoms with van der Waals surface area (Å²) in [5.41, 5.74) is 1.07. The van der Waals surface area contributed by atoms with Crippen LogP contribution in [0.3, 0.4) is 0 Å². The molecule has 0 unspecified atom stereocenters. The van der Waals surface area contributed by atoms with Gasteiger partial charge in [0.25, 0.3) is 5.91 Å². The summed E-state index contributed by atoms with van der Waals surface area (Å²) in [5.74, 6) is 0.394. The molecule has 7 heteroatoms. The second-order valence-corrected chi connectivity index (χ2v) is 5.41. The predicted octanol–water partition coefficient (Wildman–Crippen LogP) is 1.69. The van der Waals surface area contributed by atoms with Crippen LogP contribution in [0.5, 0.6) is 5.88 Å². The molecule has 1 aliphatic heterocycles. The SMILES string of the molecule is COc1cc(-n2nccn2)c(C(=O)N2CCCC[C@H]2C)cn1. The lowest BCUT2D eigenvalue weighted by Gasteiger charge is -2.33. The van der Waals surface area contributed by atoms with Gasteiger partial charge in [-0.25, -0.2) is 4.98 Å². The molecule has 1 fully saturated rings. The summed E-state index contributed by atoms with van der Waals surface area (Å²) in [6, 6.07) is 1.92. The van der Waals surface area contributed by atoms with E-state index in [1.165, 1.54) is 18.3 Å². The first-order valence-corrected chi connectivity index (χ1v) is 7.42. The third-order valence-electron chi connectivity index (χ3n) is 3.99. The molecule has 0 saturated carbocycles. The number of amides is 1. The molecule has 22 heavy (non-hydrogen) atoms. The number of pyridine rings is 1. The largest absolute Gasteiger partial charge is 0.481 e. The molecule has 1 saturated heterocycles. The number of rotatable bonds is 3. The van der Waals surface area contributed by atoms with Crippen molar-refractivity contribution < 1.29 is 9.53 Å². The summed E-state index contributed by atoms with van der Waals surface area (Å²) in [4.78, 5) is 20.4. The number of piperidine rings is 1. The van der Waals surface area contributed by atoms with Gasteiger partial charge in [-0.2, -0.15) is 15.0 Å². The summed E-state index contributed by atoms with van der Waals surface area (Å²) in [6.45, 7) is 2.86. The van der Waals surface area contributed by atoms with E-state index >= 15 is 0 Å². The number of hydrogen-bond acceptors (Lipinski definition) is 5. The molecule has 0 bridgehead atoms. The molecule has 0 aliphatic carbocycles. The van der Waals surface area contributed by atoms with Gasteiger partial charge in [0.2, 0.25) is 5.88 Å². The van der Waals surface area contributed by atoms with Crippen LogP contribution >= 0.6 is 0 Å². The zero-order valence-corrected chi connectivity index (χ0v) is 12.8. The highest BCUT2D eigenvalue weighted by molar-refractivity contribution is 5.97. The highest BCUT2D eigenvalue weighted by atomic mass is 16.5. The number of ether oxygens (including phenoxy) is 1. The van der Waals surface area contributed by atoms with Crippen LogP contribution in [0.25, 0.3) is 5.69 Å². The Hall–Kier alpha value is -2.44. The lowest BCUT2D eigenvalue weighted by atomic mass is 10.0. The first-order valence-electron chi connectivity index (χ1n) is 7.42. The fraction of sp³-hybridized carbons (Fsp3) is 0.467. The Labute approximate surface area is 128 Å². The number of aromatic nitrogens is 4. The normalized spacial score (nSPS) is 18.3. The summed E-state index contributed by atoms with van der Waals surface area (Å²) in [7, 11) is 1.54. The minimum atomic E-state index is -0.0327. The standard InChI is InChI=1S/C15H19N5O2/c1-11-5-3-4-8-19(11)15(21)12-10-16-14(22-2)9-13(12)20-17-6-7-18-20/h6-7,9-11H,3-5,8H2,1-2H3/t11-/m1/s1. The van der Waals surface area contributed by atoms with E-state index in [4.69, 9.17) is 4.74 Å². The molecule has 116 valence electrons. The Morgan fingerprint density at radius 3 is 2.77 bits per heavy atom. The molecular weight excluding hydrogens is 282 g/mol. The molecule has 7 nitrogen and oxygen atoms in total. The first-order chi connectivity index (χ1) is 10.7. The van der Waals surface area contributed by atoms with Gasteiger partial charge in [-0.15, -0.1) is 0 Å². The number of hydrogen-bond donors (Lipinski definition) is 0. The molecular formula is C15H19N5O2. The maximum atomic E-state index is 12.9. The van der Waals surface area contributed by atoms with Crippen molar-refractivity contribution in [1.29, 1.82) is 0 Å². The summed E-state index contributed by atoms with van der Waals surface area (Å²) in [5, 5.41) is 8.24. The summed E-state index contributed by atoms with van der Waals surface area (Å²) < 4.78 is 5.15. The monoisotopic (exact) mass is 301 g/mol. The van der Waals surface area contributed by atoms with Gasteiger partial charge in [-0.05, 0) is 26.2 Å². The van der Waals surface area contributed by atoms with Gasteiger partial charge >= 0.3 is 0 Å². The van der Waals surface area contributed by atoms with Crippen molar-refractivity contribution in [2.45, 2.75) is 32.2 Å². The van der Waals surface area contributed by atoms with Gasteiger partial charge in [0, 0.05) is 24.8 Å². The molecule has 0 radical (unpaired) electrons. The van der Waals surface area contributed by atoms with E-state index in [-0.39, 0.29) is 11.9 Å². The average Bonchev–Trinajstić information content (AvgIpc) is 3.08. The number of methoxy groups -OCH3 is 1. The van der Waals surface area contributed by atoms with Gasteiger partial charge in [-0.3, -0.25) is 4.79 Å². The van der Waals surface area contributed by atoms with Crippen molar-refractivity contribution in [1.82, 2.24) is 24.9 Å². The van der Waals surface area contributed by atoms with Gasteiger partial charge in [0.1, 0.15) is 5.69 Å². The van der Waals surface area contributed by atoms with Crippen LogP contribution in [0.1, 0.15) is 36.5 Å². The van der Waals surface area contributed by atoms with Crippen LogP contribution < -0.4 is 4.74 Å². The number of carbonyl (C=O) groups is 1. The second kappa shape index (κ2) is 6.13. The number of nitrogens with zero attached hydrogens (tertiary/aromatic N) is 5. The third-order valence-corrected chi connectivity index (χ3v) is 3.99. The predicted molar refractivity (Wildman–Crippen MR) is 80.1 cm³/mol. The third kappa shape index (κ3) is 2.66. The van der Waals surface area contributed by atoms with E-state index in [1.807, 2.05) is 4.90 Å². The van der Waals surface area contributed by atoms with Crippen molar-refractivity contribution in [2.24, 2.45) is 0 Å². The molecule has 1 atom stereocenters. The minimum absolute atomic E-state index is 0.0327. The topological polar surface area (TPSA) is 73.1 Å². The Morgan fingerprint density at radius 1 is 1.32 bits per heavy atom. The van der Waals surface area contributed by atoms with Crippen molar-refractivity contribution in [3.05, 3.63) is 30.2 Å². The molecule has 3 rings (SSSR count). The highest BCUT2D eigenvalue weighted by Crippen LogP contribution is 2.23. The van der Waals surface area contributed by atoms with Crippen molar-refractivity contribution in [3.63, 3.8) is 0 Å². The fourth-order valence-corrected chi connectivity index (χ4v) is 2.76. The fourth-order valence-electron chi connectivity index (χ4n) is 2.76. The highest BCUT2D eigenvalue weighted by Gasteiger charge is 2.27. The van der Waals surface area contributed by atoms with E-state index in [0.29, 0.717) is 17.1 Å². The summed E-state index contributed by atoms with van der Waals surface area (Å²) in [6.07, 6.45) is 7.93. The molecule has 3 heterocycles. The average molecular weight is 301 g/mol. The van der Waals surface area contributed by atoms with Crippen LogP contribution in [0.2, 0.25) is 0 Å². The van der Waals surface area contributed by atoms with Gasteiger partial charge in [0.05, 0.1) is 25.1 Å². The Balaban J connectivity index is 2.00. The van der Waals surface area contributed by atoms with Gasteiger partial charge in [0.15, 0.2) is 0 Å². The van der Waals surface area contributed by atoms with E-state index in [2.05, 4.69) is 22.1 Å². The second-order valence-electron chi connectivity index (χ2n) is 5.41. The molecule has 1 amide bonds. The lowest BCUT2D eigenvalue weighted by molar-refractivity contribution is 0.0635. The molecule has 0 spiro atoms. The Morgan fingerprint density at radius 2 is 2.09 bits per heavy atom. The van der Waals surface area contributed by atoms with Crippen LogP contribution in [-0.4, -0.2) is 50.5 Å². The first kappa shape index (κ1) is 14.5. The van der Waals surface area contributed by atoms with E-state index in [1.54, 1.807) is 24.7 Å². The van der Waals surface area contributed by atoms with Crippen LogP contribution in [-0.2, 0) is 0 Å². The zero-order valence-electron chi connectivity index (χ0n) is 12.8. The molecule has 2 aromatic rings. The maximum Gasteiger partial charge on any atom is 0.257 e. The van der Waals surface area contributed by atoms with Gasteiger partial charge in [-0.1, -0.05) is 0 Å². The van der Waals surface area contributed by atoms with Crippen LogP contribution in [0.4, 0.5) is 0 Å². The smallest absolute Gasteiger partial charge is 0.257 e. The van der Waals surface area contributed by atoms with Crippen LogP contribution in [0, 0.1) is 0 Å². The lowest BCUT2D eigenvalue weighted by Crippen LogP contribution is -2.42. The molecule has 0 N–H and O–H groups in total. The van der Waals surface area contributed by atoms with E-state index < -0.39 is 0 Å². The van der Waals surface area contributed by atoms with E-state index in [0.717, 1.165) is 19.4 Å². The van der Waals surface area contributed by atoms with Crippen molar-refractivity contribution in [2.75, 3.05) is 13.7 Å².